The number of rotatable bonds is 5. The zero-order valence-corrected chi connectivity index (χ0v) is 10.5. The molecule has 0 saturated carbocycles. The first-order valence-electron chi connectivity index (χ1n) is 5.91. The van der Waals surface area contributed by atoms with E-state index in [9.17, 15) is 17.6 Å². The van der Waals surface area contributed by atoms with Crippen LogP contribution in [-0.2, 0) is 12.6 Å². The first kappa shape index (κ1) is 16.0. The Morgan fingerprint density at radius 3 is 1.95 bits per heavy atom. The normalized spacial score (nSPS) is 11.7. The third-order valence-electron chi connectivity index (χ3n) is 2.95. The quantitative estimate of drug-likeness (QED) is 0.766. The molecule has 0 aromatic heterocycles. The van der Waals surface area contributed by atoms with Crippen LogP contribution in [0.15, 0.2) is 24.3 Å². The maximum absolute atomic E-state index is 12.4. The number of hydrogen-bond acceptors (Lipinski definition) is 2. The zero-order valence-electron chi connectivity index (χ0n) is 10.5. The molecule has 0 amide bonds. The van der Waals surface area contributed by atoms with Gasteiger partial charge in [0.15, 0.2) is 0 Å². The molecule has 0 bridgehead atoms. The number of hydrogen-bond donors (Lipinski definition) is 0. The van der Waals surface area contributed by atoms with Gasteiger partial charge in [-0.2, -0.15) is 23.7 Å². The Labute approximate surface area is 114 Å². The summed E-state index contributed by atoms with van der Waals surface area (Å²) in [7, 11) is 0. The molecule has 0 N–H and O–H groups in total. The minimum Gasteiger partial charge on any atom is -0.251 e. The van der Waals surface area contributed by atoms with Gasteiger partial charge in [0.25, 0.3) is 0 Å². The van der Waals surface area contributed by atoms with Crippen molar-refractivity contribution in [1.29, 1.82) is 10.5 Å². The molecule has 2 nitrogen and oxygen atoms in total. The predicted octanol–water partition coefficient (Wildman–Crippen LogP) is 4.03. The number of alkyl halides is 4. The average Bonchev–Trinajstić information content (AvgIpc) is 2.43. The van der Waals surface area contributed by atoms with Gasteiger partial charge in [-0.15, -0.1) is 0 Å². The highest BCUT2D eigenvalue weighted by Crippen LogP contribution is 2.31. The molecule has 0 aliphatic carbocycles. The largest absolute Gasteiger partial charge is 0.416 e. The minimum atomic E-state index is -4.42. The summed E-state index contributed by atoms with van der Waals surface area (Å²) in [5, 5.41) is 18.1. The molecule has 0 atom stereocenters. The van der Waals surface area contributed by atoms with Crippen LogP contribution in [0.4, 0.5) is 17.6 Å². The van der Waals surface area contributed by atoms with Crippen molar-refractivity contribution < 1.29 is 17.6 Å². The van der Waals surface area contributed by atoms with Crippen LogP contribution in [0.5, 0.6) is 0 Å². The van der Waals surface area contributed by atoms with E-state index in [1.807, 2.05) is 12.1 Å². The molecular formula is C14H12F4N2. The van der Waals surface area contributed by atoms with E-state index >= 15 is 0 Å². The molecule has 1 aromatic rings. The lowest BCUT2D eigenvalue weighted by Gasteiger charge is -2.18. The van der Waals surface area contributed by atoms with Crippen molar-refractivity contribution in [2.24, 2.45) is 5.41 Å². The summed E-state index contributed by atoms with van der Waals surface area (Å²) in [6, 6.07) is 7.98. The summed E-state index contributed by atoms with van der Waals surface area (Å²) in [6.07, 6.45) is -4.31. The maximum atomic E-state index is 12.4. The average molecular weight is 284 g/mol. The summed E-state index contributed by atoms with van der Waals surface area (Å²) in [5.74, 6) is 0. The van der Waals surface area contributed by atoms with Crippen molar-refractivity contribution in [3.8, 4) is 12.1 Å². The van der Waals surface area contributed by atoms with Crippen LogP contribution in [0.3, 0.4) is 0 Å². The van der Waals surface area contributed by atoms with E-state index in [0.29, 0.717) is 5.56 Å². The molecule has 0 heterocycles. The van der Waals surface area contributed by atoms with E-state index in [1.165, 1.54) is 12.1 Å². The van der Waals surface area contributed by atoms with Gasteiger partial charge >= 0.3 is 6.18 Å². The number of nitrogens with zero attached hydrogens (tertiary/aromatic N) is 2. The SMILES string of the molecule is N#CC(C#N)(CCCF)Cc1ccc(C(F)(F)F)cc1. The smallest absolute Gasteiger partial charge is 0.251 e. The Balaban J connectivity index is 2.91. The van der Waals surface area contributed by atoms with Crippen molar-refractivity contribution in [3.05, 3.63) is 35.4 Å². The third-order valence-corrected chi connectivity index (χ3v) is 2.95. The Kier molecular flexibility index (Phi) is 5.10. The van der Waals surface area contributed by atoms with Crippen molar-refractivity contribution in [3.63, 3.8) is 0 Å². The Hall–Kier alpha value is -2.08. The Morgan fingerprint density at radius 1 is 1.00 bits per heavy atom. The molecular weight excluding hydrogens is 272 g/mol. The lowest BCUT2D eigenvalue weighted by molar-refractivity contribution is -0.137. The summed E-state index contributed by atoms with van der Waals surface area (Å²) in [4.78, 5) is 0. The maximum Gasteiger partial charge on any atom is 0.416 e. The first-order chi connectivity index (χ1) is 9.37. The van der Waals surface area contributed by atoms with Crippen LogP contribution in [0.1, 0.15) is 24.0 Å². The molecule has 0 aliphatic heterocycles. The van der Waals surface area contributed by atoms with E-state index in [-0.39, 0.29) is 19.3 Å². The highest BCUT2D eigenvalue weighted by Gasteiger charge is 2.32. The Morgan fingerprint density at radius 2 is 1.55 bits per heavy atom. The van der Waals surface area contributed by atoms with Gasteiger partial charge in [-0.3, -0.25) is 4.39 Å². The van der Waals surface area contributed by atoms with Gasteiger partial charge < -0.3 is 0 Å². The van der Waals surface area contributed by atoms with Crippen LogP contribution in [0.25, 0.3) is 0 Å². The summed E-state index contributed by atoms with van der Waals surface area (Å²) >= 11 is 0. The van der Waals surface area contributed by atoms with Crippen molar-refractivity contribution in [2.75, 3.05) is 6.67 Å². The lowest BCUT2D eigenvalue weighted by atomic mass is 9.80. The summed E-state index contributed by atoms with van der Waals surface area (Å²) < 4.78 is 49.4. The zero-order chi connectivity index (χ0) is 15.2. The Bertz CT molecular complexity index is 506. The molecule has 0 fully saturated rings. The molecule has 106 valence electrons. The van der Waals surface area contributed by atoms with Crippen LogP contribution in [0, 0.1) is 28.1 Å². The fourth-order valence-electron chi connectivity index (χ4n) is 1.83. The minimum absolute atomic E-state index is 0.0157. The molecule has 0 spiro atoms. The number of benzene rings is 1. The molecule has 0 unspecified atom stereocenters. The van der Waals surface area contributed by atoms with Crippen molar-refractivity contribution in [1.82, 2.24) is 0 Å². The second-order valence-corrected chi connectivity index (χ2v) is 4.47. The third kappa shape index (κ3) is 3.96. The van der Waals surface area contributed by atoms with E-state index in [2.05, 4.69) is 0 Å². The van der Waals surface area contributed by atoms with Crippen molar-refractivity contribution >= 4 is 0 Å². The van der Waals surface area contributed by atoms with Crippen LogP contribution in [0.2, 0.25) is 0 Å². The lowest BCUT2D eigenvalue weighted by Crippen LogP contribution is -2.20. The standard InChI is InChI=1S/C14H12F4N2/c15-7-1-6-13(9-19,10-20)8-11-2-4-12(5-3-11)14(16,17)18/h2-5H,1,6-8H2. The van der Waals surface area contributed by atoms with Crippen LogP contribution >= 0.6 is 0 Å². The summed E-state index contributed by atoms with van der Waals surface area (Å²) in [5.41, 5.74) is -1.74. The molecule has 1 rings (SSSR count). The molecule has 1 aromatic carbocycles. The second-order valence-electron chi connectivity index (χ2n) is 4.47. The topological polar surface area (TPSA) is 47.6 Å². The predicted molar refractivity (Wildman–Crippen MR) is 64.0 cm³/mol. The molecule has 6 heteroatoms. The van der Waals surface area contributed by atoms with Gasteiger partial charge in [0.2, 0.25) is 0 Å². The van der Waals surface area contributed by atoms with Crippen molar-refractivity contribution in [2.45, 2.75) is 25.4 Å². The second kappa shape index (κ2) is 6.38. The van der Waals surface area contributed by atoms with Gasteiger partial charge in [0.05, 0.1) is 24.4 Å². The fourth-order valence-corrected chi connectivity index (χ4v) is 1.83. The van der Waals surface area contributed by atoms with E-state index in [0.717, 1.165) is 12.1 Å². The fraction of sp³-hybridized carbons (Fsp3) is 0.429. The molecule has 20 heavy (non-hydrogen) atoms. The summed E-state index contributed by atoms with van der Waals surface area (Å²) in [6.45, 7) is -0.641. The van der Waals surface area contributed by atoms with E-state index in [1.54, 1.807) is 0 Å². The van der Waals surface area contributed by atoms with Gasteiger partial charge in [-0.25, -0.2) is 0 Å². The highest BCUT2D eigenvalue weighted by molar-refractivity contribution is 5.28. The molecule has 0 saturated heterocycles. The van der Waals surface area contributed by atoms with Gasteiger partial charge in [0.1, 0.15) is 5.41 Å². The van der Waals surface area contributed by atoms with Crippen LogP contribution in [-0.4, -0.2) is 6.67 Å². The number of nitriles is 2. The molecule has 0 aliphatic rings. The van der Waals surface area contributed by atoms with Crippen LogP contribution < -0.4 is 0 Å². The van der Waals surface area contributed by atoms with Gasteiger partial charge in [0, 0.05) is 6.42 Å². The van der Waals surface area contributed by atoms with Gasteiger partial charge in [-0.1, -0.05) is 12.1 Å². The van der Waals surface area contributed by atoms with E-state index < -0.39 is 23.8 Å². The van der Waals surface area contributed by atoms with Gasteiger partial charge in [-0.05, 0) is 30.5 Å². The molecule has 0 radical (unpaired) electrons. The van der Waals surface area contributed by atoms with E-state index in [4.69, 9.17) is 10.5 Å². The monoisotopic (exact) mass is 284 g/mol. The first-order valence-corrected chi connectivity index (χ1v) is 5.91. The number of halogens is 4. The highest BCUT2D eigenvalue weighted by atomic mass is 19.4.